The fraction of sp³-hybridized carbons (Fsp3) is 0.769. The second-order valence-electron chi connectivity index (χ2n) is 4.44. The van der Waals surface area contributed by atoms with Crippen LogP contribution in [0.3, 0.4) is 0 Å². The molecule has 0 radical (unpaired) electrons. The van der Waals surface area contributed by atoms with Gasteiger partial charge in [0.25, 0.3) is 0 Å². The highest BCUT2D eigenvalue weighted by Crippen LogP contribution is 2.15. The molecule has 0 aliphatic carbocycles. The molecule has 1 aromatic heterocycles. The average Bonchev–Trinajstić information content (AvgIpc) is 2.70. The highest BCUT2D eigenvalue weighted by Gasteiger charge is 2.15. The van der Waals surface area contributed by atoms with Crippen molar-refractivity contribution >= 4 is 0 Å². The maximum Gasteiger partial charge on any atom is 0.211 e. The number of nitrogens with zero attached hydrogens (tertiary/aromatic N) is 1. The first-order valence-electron chi connectivity index (χ1n) is 6.35. The lowest BCUT2D eigenvalue weighted by atomic mass is 10.1. The van der Waals surface area contributed by atoms with E-state index in [4.69, 9.17) is 4.42 Å². The van der Waals surface area contributed by atoms with Crippen molar-refractivity contribution in [1.29, 1.82) is 0 Å². The maximum atomic E-state index is 5.52. The third kappa shape index (κ3) is 3.97. The summed E-state index contributed by atoms with van der Waals surface area (Å²) >= 11 is 0. The zero-order valence-electron chi connectivity index (χ0n) is 10.9. The number of oxazole rings is 1. The minimum Gasteiger partial charge on any atom is -0.444 e. The maximum absolute atomic E-state index is 5.52. The lowest BCUT2D eigenvalue weighted by Crippen LogP contribution is -2.31. The molecule has 1 rings (SSSR count). The van der Waals surface area contributed by atoms with E-state index in [9.17, 15) is 0 Å². The summed E-state index contributed by atoms with van der Waals surface area (Å²) < 4.78 is 5.52. The van der Waals surface area contributed by atoms with Crippen molar-refractivity contribution in [3.63, 3.8) is 0 Å². The minimum absolute atomic E-state index is 0.204. The molecule has 0 saturated carbocycles. The number of aromatic nitrogens is 1. The Bertz CT molecular complexity index is 296. The van der Waals surface area contributed by atoms with Gasteiger partial charge in [0.2, 0.25) is 5.89 Å². The van der Waals surface area contributed by atoms with Crippen LogP contribution in [-0.2, 0) is 0 Å². The molecule has 2 unspecified atom stereocenters. The van der Waals surface area contributed by atoms with Gasteiger partial charge in [-0.05, 0) is 26.7 Å². The topological polar surface area (TPSA) is 38.1 Å². The standard InChI is InChI=1S/C13H24N2O/c1-5-7-8-12(6-2)15-11(4)13-14-9-10(3)16-13/h9,11-12,15H,5-8H2,1-4H3. The Morgan fingerprint density at radius 1 is 1.44 bits per heavy atom. The first kappa shape index (κ1) is 13.2. The molecule has 3 nitrogen and oxygen atoms in total. The van der Waals surface area contributed by atoms with Crippen LogP contribution in [0.2, 0.25) is 0 Å². The average molecular weight is 224 g/mol. The summed E-state index contributed by atoms with van der Waals surface area (Å²) in [6, 6.07) is 0.776. The number of aryl methyl sites for hydroxylation is 1. The summed E-state index contributed by atoms with van der Waals surface area (Å²) in [4.78, 5) is 4.25. The van der Waals surface area contributed by atoms with E-state index >= 15 is 0 Å². The predicted octanol–water partition coefficient (Wildman–Crippen LogP) is 3.60. The Morgan fingerprint density at radius 3 is 2.69 bits per heavy atom. The second kappa shape index (κ2) is 6.69. The summed E-state index contributed by atoms with van der Waals surface area (Å²) in [7, 11) is 0. The Hall–Kier alpha value is -0.830. The van der Waals surface area contributed by atoms with Crippen LogP contribution in [0.15, 0.2) is 10.6 Å². The third-order valence-electron chi connectivity index (χ3n) is 2.89. The van der Waals surface area contributed by atoms with E-state index in [-0.39, 0.29) is 6.04 Å². The second-order valence-corrected chi connectivity index (χ2v) is 4.44. The molecule has 0 bridgehead atoms. The summed E-state index contributed by atoms with van der Waals surface area (Å²) in [6.07, 6.45) is 6.70. The van der Waals surface area contributed by atoms with Gasteiger partial charge in [-0.2, -0.15) is 0 Å². The van der Waals surface area contributed by atoms with E-state index in [1.807, 2.05) is 6.92 Å². The fourth-order valence-corrected chi connectivity index (χ4v) is 1.85. The van der Waals surface area contributed by atoms with Gasteiger partial charge in [-0.15, -0.1) is 0 Å². The van der Waals surface area contributed by atoms with Gasteiger partial charge in [0, 0.05) is 6.04 Å². The van der Waals surface area contributed by atoms with Gasteiger partial charge < -0.3 is 9.73 Å². The molecule has 0 fully saturated rings. The van der Waals surface area contributed by atoms with Gasteiger partial charge >= 0.3 is 0 Å². The van der Waals surface area contributed by atoms with Gasteiger partial charge in [-0.3, -0.25) is 0 Å². The summed E-state index contributed by atoms with van der Waals surface area (Å²) in [5.74, 6) is 1.68. The van der Waals surface area contributed by atoms with Gasteiger partial charge in [0.05, 0.1) is 12.2 Å². The zero-order valence-corrected chi connectivity index (χ0v) is 10.9. The molecule has 0 amide bonds. The number of nitrogens with one attached hydrogen (secondary N) is 1. The van der Waals surface area contributed by atoms with Crippen LogP contribution >= 0.6 is 0 Å². The molecule has 1 aromatic rings. The van der Waals surface area contributed by atoms with Crippen molar-refractivity contribution < 1.29 is 4.42 Å². The van der Waals surface area contributed by atoms with Crippen molar-refractivity contribution in [3.8, 4) is 0 Å². The van der Waals surface area contributed by atoms with Gasteiger partial charge in [-0.1, -0.05) is 26.7 Å². The smallest absolute Gasteiger partial charge is 0.211 e. The molecule has 92 valence electrons. The first-order chi connectivity index (χ1) is 7.67. The van der Waals surface area contributed by atoms with E-state index in [1.165, 1.54) is 19.3 Å². The molecular formula is C13H24N2O. The molecule has 0 aromatic carbocycles. The van der Waals surface area contributed by atoms with Gasteiger partial charge in [0.1, 0.15) is 5.76 Å². The lowest BCUT2D eigenvalue weighted by Gasteiger charge is -2.20. The van der Waals surface area contributed by atoms with Crippen LogP contribution in [0.4, 0.5) is 0 Å². The SMILES string of the molecule is CCCCC(CC)NC(C)c1ncc(C)o1. The van der Waals surface area contributed by atoms with Crippen LogP contribution in [0, 0.1) is 6.92 Å². The van der Waals surface area contributed by atoms with Gasteiger partial charge in [0.15, 0.2) is 0 Å². The number of rotatable bonds is 7. The van der Waals surface area contributed by atoms with E-state index in [0.29, 0.717) is 6.04 Å². The number of unbranched alkanes of at least 4 members (excludes halogenated alkanes) is 1. The van der Waals surface area contributed by atoms with Gasteiger partial charge in [-0.25, -0.2) is 4.98 Å². The Balaban J connectivity index is 2.45. The van der Waals surface area contributed by atoms with Crippen LogP contribution in [0.1, 0.15) is 64.1 Å². The summed E-state index contributed by atoms with van der Waals surface area (Å²) in [6.45, 7) is 8.49. The summed E-state index contributed by atoms with van der Waals surface area (Å²) in [5.41, 5.74) is 0. The van der Waals surface area contributed by atoms with Crippen LogP contribution in [-0.4, -0.2) is 11.0 Å². The molecule has 0 saturated heterocycles. The van der Waals surface area contributed by atoms with Crippen molar-refractivity contribution in [3.05, 3.63) is 17.8 Å². The molecule has 3 heteroatoms. The fourth-order valence-electron chi connectivity index (χ4n) is 1.85. The van der Waals surface area contributed by atoms with Crippen molar-refractivity contribution in [2.75, 3.05) is 0 Å². The normalized spacial score (nSPS) is 15.0. The highest BCUT2D eigenvalue weighted by atomic mass is 16.4. The van der Waals surface area contributed by atoms with E-state index < -0.39 is 0 Å². The minimum atomic E-state index is 0.204. The zero-order chi connectivity index (χ0) is 12.0. The highest BCUT2D eigenvalue weighted by molar-refractivity contribution is 4.95. The molecule has 2 atom stereocenters. The number of hydrogen-bond acceptors (Lipinski definition) is 3. The lowest BCUT2D eigenvalue weighted by molar-refractivity contribution is 0.350. The predicted molar refractivity (Wildman–Crippen MR) is 66.4 cm³/mol. The third-order valence-corrected chi connectivity index (χ3v) is 2.89. The Morgan fingerprint density at radius 2 is 2.19 bits per heavy atom. The molecule has 16 heavy (non-hydrogen) atoms. The first-order valence-corrected chi connectivity index (χ1v) is 6.35. The molecule has 0 spiro atoms. The van der Waals surface area contributed by atoms with Crippen LogP contribution in [0.5, 0.6) is 0 Å². The van der Waals surface area contributed by atoms with E-state index in [0.717, 1.165) is 18.1 Å². The van der Waals surface area contributed by atoms with Crippen molar-refractivity contribution in [2.45, 2.75) is 65.5 Å². The molecule has 1 heterocycles. The van der Waals surface area contributed by atoms with Crippen LogP contribution in [0.25, 0.3) is 0 Å². The monoisotopic (exact) mass is 224 g/mol. The van der Waals surface area contributed by atoms with E-state index in [1.54, 1.807) is 6.20 Å². The Labute approximate surface area is 98.6 Å². The molecule has 1 N–H and O–H groups in total. The quantitative estimate of drug-likeness (QED) is 0.769. The van der Waals surface area contributed by atoms with Crippen LogP contribution < -0.4 is 5.32 Å². The molecule has 0 aliphatic heterocycles. The van der Waals surface area contributed by atoms with Crippen molar-refractivity contribution in [2.24, 2.45) is 0 Å². The molecular weight excluding hydrogens is 200 g/mol. The molecule has 0 aliphatic rings. The Kier molecular flexibility index (Phi) is 5.53. The van der Waals surface area contributed by atoms with Crippen molar-refractivity contribution in [1.82, 2.24) is 10.3 Å². The number of hydrogen-bond donors (Lipinski definition) is 1. The largest absolute Gasteiger partial charge is 0.444 e. The summed E-state index contributed by atoms with van der Waals surface area (Å²) in [5, 5.41) is 3.57. The van der Waals surface area contributed by atoms with E-state index in [2.05, 4.69) is 31.1 Å².